The number of nitrogens with zero attached hydrogens (tertiary/aromatic N) is 1. The van der Waals surface area contributed by atoms with Crippen LogP contribution in [0.1, 0.15) is 18.4 Å². The average Bonchev–Trinajstić information content (AvgIpc) is 2.74. The maximum atomic E-state index is 12.9. The lowest BCUT2D eigenvalue weighted by molar-refractivity contribution is 0.0467. The van der Waals surface area contributed by atoms with Gasteiger partial charge in [-0.1, -0.05) is 6.07 Å². The summed E-state index contributed by atoms with van der Waals surface area (Å²) in [6.45, 7) is 3.61. The molecule has 5 heteroatoms. The summed E-state index contributed by atoms with van der Waals surface area (Å²) in [5.41, 5.74) is -1.18. The summed E-state index contributed by atoms with van der Waals surface area (Å²) < 4.78 is 18.3. The van der Waals surface area contributed by atoms with Crippen molar-refractivity contribution in [1.82, 2.24) is 4.98 Å². The molecule has 2 N–H and O–H groups in total. The minimum Gasteiger partial charge on any atom is -0.463 e. The molecule has 4 nitrogen and oxygen atoms in total. The smallest absolute Gasteiger partial charge is 0.214 e. The number of aromatic nitrogens is 1. The minimum absolute atomic E-state index is 0.177. The van der Waals surface area contributed by atoms with Crippen molar-refractivity contribution in [3.8, 4) is 0 Å². The van der Waals surface area contributed by atoms with Gasteiger partial charge in [0.05, 0.1) is 6.54 Å². The highest BCUT2D eigenvalue weighted by molar-refractivity contribution is 5.34. The number of nitrogens with one attached hydrogen (secondary N) is 1. The Morgan fingerprint density at radius 3 is 2.78 bits per heavy atom. The van der Waals surface area contributed by atoms with Crippen molar-refractivity contribution >= 4 is 5.82 Å². The Kier molecular flexibility index (Phi) is 3.34. The summed E-state index contributed by atoms with van der Waals surface area (Å²) in [4.78, 5) is 3.66. The van der Waals surface area contributed by atoms with Crippen molar-refractivity contribution in [2.75, 3.05) is 11.9 Å². The Morgan fingerprint density at radius 1 is 1.39 bits per heavy atom. The van der Waals surface area contributed by atoms with E-state index in [1.165, 1.54) is 6.07 Å². The Hall–Kier alpha value is -1.88. The molecule has 0 saturated heterocycles. The fraction of sp³-hybridized carbons (Fsp3) is 0.308. The SMILES string of the molecule is Cc1ccc(C(C)(O)CNc2cccc(F)n2)o1. The zero-order valence-corrected chi connectivity index (χ0v) is 10.3. The fourth-order valence-corrected chi connectivity index (χ4v) is 1.58. The molecule has 0 saturated carbocycles. The van der Waals surface area contributed by atoms with E-state index in [0.717, 1.165) is 5.76 Å². The predicted octanol–water partition coefficient (Wildman–Crippen LogP) is 2.44. The van der Waals surface area contributed by atoms with Crippen LogP contribution in [0.15, 0.2) is 34.7 Å². The molecule has 2 heterocycles. The van der Waals surface area contributed by atoms with Gasteiger partial charge in [-0.05, 0) is 38.1 Å². The van der Waals surface area contributed by atoms with Gasteiger partial charge in [-0.2, -0.15) is 4.39 Å². The molecule has 1 unspecified atom stereocenters. The topological polar surface area (TPSA) is 58.3 Å². The molecule has 0 radical (unpaired) electrons. The molecule has 0 aliphatic rings. The highest BCUT2D eigenvalue weighted by atomic mass is 19.1. The van der Waals surface area contributed by atoms with Gasteiger partial charge in [0, 0.05) is 0 Å². The van der Waals surface area contributed by atoms with Gasteiger partial charge < -0.3 is 14.8 Å². The molecule has 0 aromatic carbocycles. The number of aliphatic hydroxyl groups is 1. The highest BCUT2D eigenvalue weighted by Gasteiger charge is 2.26. The van der Waals surface area contributed by atoms with Crippen LogP contribution in [-0.4, -0.2) is 16.6 Å². The summed E-state index contributed by atoms with van der Waals surface area (Å²) in [5, 5.41) is 13.1. The lowest BCUT2D eigenvalue weighted by Gasteiger charge is -2.21. The van der Waals surface area contributed by atoms with Gasteiger partial charge in [0.15, 0.2) is 0 Å². The van der Waals surface area contributed by atoms with Crippen LogP contribution in [0.2, 0.25) is 0 Å². The first-order chi connectivity index (χ1) is 8.47. The highest BCUT2D eigenvalue weighted by Crippen LogP contribution is 2.23. The molecule has 0 spiro atoms. The van der Waals surface area contributed by atoms with E-state index in [1.807, 2.05) is 0 Å². The molecule has 0 aliphatic heterocycles. The maximum Gasteiger partial charge on any atom is 0.214 e. The third-order valence-corrected chi connectivity index (χ3v) is 2.60. The zero-order chi connectivity index (χ0) is 13.2. The largest absolute Gasteiger partial charge is 0.463 e. The predicted molar refractivity (Wildman–Crippen MR) is 65.7 cm³/mol. The van der Waals surface area contributed by atoms with E-state index in [0.29, 0.717) is 11.6 Å². The third kappa shape index (κ3) is 2.87. The summed E-state index contributed by atoms with van der Waals surface area (Å²) in [5.74, 6) is 1.00. The standard InChI is InChI=1S/C13H15FN2O2/c1-9-6-7-10(18-9)13(2,17)8-15-12-5-3-4-11(14)16-12/h3-7,17H,8H2,1-2H3,(H,15,16). The van der Waals surface area contributed by atoms with Crippen LogP contribution in [0.4, 0.5) is 10.2 Å². The number of aryl methyl sites for hydroxylation is 1. The molecular formula is C13H15FN2O2. The Labute approximate surface area is 104 Å². The number of halogens is 1. The molecule has 2 aromatic heterocycles. The molecule has 96 valence electrons. The number of furan rings is 1. The van der Waals surface area contributed by atoms with Gasteiger partial charge in [0.2, 0.25) is 5.95 Å². The van der Waals surface area contributed by atoms with E-state index in [9.17, 15) is 9.50 Å². The number of hydrogen-bond donors (Lipinski definition) is 2. The lowest BCUT2D eigenvalue weighted by atomic mass is 10.0. The molecule has 2 rings (SSSR count). The van der Waals surface area contributed by atoms with Crippen molar-refractivity contribution in [3.63, 3.8) is 0 Å². The van der Waals surface area contributed by atoms with Crippen molar-refractivity contribution in [2.24, 2.45) is 0 Å². The monoisotopic (exact) mass is 250 g/mol. The Morgan fingerprint density at radius 2 is 2.17 bits per heavy atom. The second kappa shape index (κ2) is 4.78. The number of rotatable bonds is 4. The second-order valence-electron chi connectivity index (χ2n) is 4.38. The van der Waals surface area contributed by atoms with Gasteiger partial charge in [0.1, 0.15) is 22.9 Å². The van der Waals surface area contributed by atoms with Gasteiger partial charge in [-0.15, -0.1) is 0 Å². The van der Waals surface area contributed by atoms with Gasteiger partial charge in [-0.25, -0.2) is 4.98 Å². The van der Waals surface area contributed by atoms with Crippen LogP contribution < -0.4 is 5.32 Å². The summed E-state index contributed by atoms with van der Waals surface area (Å²) >= 11 is 0. The van der Waals surface area contributed by atoms with Crippen LogP contribution in [0.3, 0.4) is 0 Å². The summed E-state index contributed by atoms with van der Waals surface area (Å²) in [6.07, 6.45) is 0. The van der Waals surface area contributed by atoms with Crippen LogP contribution >= 0.6 is 0 Å². The zero-order valence-electron chi connectivity index (χ0n) is 10.3. The van der Waals surface area contributed by atoms with Gasteiger partial charge >= 0.3 is 0 Å². The van der Waals surface area contributed by atoms with E-state index in [-0.39, 0.29) is 6.54 Å². The van der Waals surface area contributed by atoms with Crippen molar-refractivity contribution in [3.05, 3.63) is 47.8 Å². The fourth-order valence-electron chi connectivity index (χ4n) is 1.58. The summed E-state index contributed by atoms with van der Waals surface area (Å²) in [6, 6.07) is 7.95. The molecular weight excluding hydrogens is 235 g/mol. The molecule has 0 aliphatic carbocycles. The molecule has 1 atom stereocenters. The second-order valence-corrected chi connectivity index (χ2v) is 4.38. The lowest BCUT2D eigenvalue weighted by Crippen LogP contribution is -2.30. The van der Waals surface area contributed by atoms with Crippen LogP contribution in [0, 0.1) is 12.9 Å². The van der Waals surface area contributed by atoms with E-state index in [1.54, 1.807) is 38.1 Å². The number of anilines is 1. The van der Waals surface area contributed by atoms with Gasteiger partial charge in [0.25, 0.3) is 0 Å². The number of pyridine rings is 1. The van der Waals surface area contributed by atoms with Gasteiger partial charge in [-0.3, -0.25) is 0 Å². The Bertz CT molecular complexity index is 537. The molecule has 18 heavy (non-hydrogen) atoms. The molecule has 0 bridgehead atoms. The van der Waals surface area contributed by atoms with Crippen molar-refractivity contribution in [1.29, 1.82) is 0 Å². The summed E-state index contributed by atoms with van der Waals surface area (Å²) in [7, 11) is 0. The third-order valence-electron chi connectivity index (χ3n) is 2.60. The first-order valence-corrected chi connectivity index (χ1v) is 5.63. The van der Waals surface area contributed by atoms with Crippen molar-refractivity contribution < 1.29 is 13.9 Å². The quantitative estimate of drug-likeness (QED) is 0.818. The van der Waals surface area contributed by atoms with Crippen molar-refractivity contribution in [2.45, 2.75) is 19.4 Å². The molecule has 0 fully saturated rings. The first kappa shape index (κ1) is 12.6. The van der Waals surface area contributed by atoms with Crippen LogP contribution in [-0.2, 0) is 5.60 Å². The van der Waals surface area contributed by atoms with Crippen LogP contribution in [0.5, 0.6) is 0 Å². The normalized spacial score (nSPS) is 14.2. The van der Waals surface area contributed by atoms with E-state index in [2.05, 4.69) is 10.3 Å². The van der Waals surface area contributed by atoms with E-state index in [4.69, 9.17) is 4.42 Å². The maximum absolute atomic E-state index is 12.9. The van der Waals surface area contributed by atoms with Crippen LogP contribution in [0.25, 0.3) is 0 Å². The Balaban J connectivity index is 2.05. The first-order valence-electron chi connectivity index (χ1n) is 5.63. The average molecular weight is 250 g/mol. The van der Waals surface area contributed by atoms with E-state index >= 15 is 0 Å². The molecule has 0 amide bonds. The number of hydrogen-bond acceptors (Lipinski definition) is 4. The molecule has 2 aromatic rings. The minimum atomic E-state index is -1.18. The van der Waals surface area contributed by atoms with E-state index < -0.39 is 11.5 Å².